The molecular formula is C22H19N3O3S. The molecular weight excluding hydrogens is 386 g/mol. The fourth-order valence-electron chi connectivity index (χ4n) is 3.16. The van der Waals surface area contributed by atoms with Crippen molar-refractivity contribution in [3.05, 3.63) is 89.7 Å². The Labute approximate surface area is 169 Å². The summed E-state index contributed by atoms with van der Waals surface area (Å²) in [7, 11) is -3.69. The van der Waals surface area contributed by atoms with Gasteiger partial charge in [-0.25, -0.2) is 13.1 Å². The summed E-state index contributed by atoms with van der Waals surface area (Å²) >= 11 is 0. The maximum Gasteiger partial charge on any atom is 0.256 e. The Balaban J connectivity index is 1.57. The van der Waals surface area contributed by atoms with E-state index in [1.807, 2.05) is 36.4 Å². The standard InChI is InChI=1S/C22H19N3O3S/c26-22-20(13-17-7-4-11-23-15-17)19-14-18(8-9-21(19)25-22)29(27,28)24-12-10-16-5-2-1-3-6-16/h1-9,11,13-15,24H,10,12H2,(H,25,26)/b20-13-. The molecule has 7 heteroatoms. The summed E-state index contributed by atoms with van der Waals surface area (Å²) in [6.45, 7) is 0.291. The first-order chi connectivity index (χ1) is 14.0. The summed E-state index contributed by atoms with van der Waals surface area (Å²) in [4.78, 5) is 16.5. The van der Waals surface area contributed by atoms with Gasteiger partial charge in [-0.3, -0.25) is 9.78 Å². The van der Waals surface area contributed by atoms with E-state index in [1.54, 1.807) is 30.6 Å². The van der Waals surface area contributed by atoms with E-state index in [9.17, 15) is 13.2 Å². The van der Waals surface area contributed by atoms with Crippen molar-refractivity contribution in [3.8, 4) is 0 Å². The van der Waals surface area contributed by atoms with Crippen molar-refractivity contribution in [2.24, 2.45) is 0 Å². The third kappa shape index (κ3) is 4.26. The average Bonchev–Trinajstić information content (AvgIpc) is 3.04. The minimum absolute atomic E-state index is 0.123. The lowest BCUT2D eigenvalue weighted by Crippen LogP contribution is -2.26. The van der Waals surface area contributed by atoms with Crippen LogP contribution in [0.1, 0.15) is 16.7 Å². The van der Waals surface area contributed by atoms with Crippen LogP contribution in [0.15, 0.2) is 78.0 Å². The lowest BCUT2D eigenvalue weighted by Gasteiger charge is -2.08. The summed E-state index contributed by atoms with van der Waals surface area (Å²) in [6.07, 6.45) is 5.59. The van der Waals surface area contributed by atoms with Crippen molar-refractivity contribution in [3.63, 3.8) is 0 Å². The van der Waals surface area contributed by atoms with Gasteiger partial charge in [0.25, 0.3) is 5.91 Å². The zero-order chi connectivity index (χ0) is 20.3. The normalized spacial score (nSPS) is 14.6. The fraction of sp³-hybridized carbons (Fsp3) is 0.0909. The number of aromatic nitrogens is 1. The van der Waals surface area contributed by atoms with Crippen LogP contribution in [0.3, 0.4) is 0 Å². The molecule has 4 rings (SSSR count). The SMILES string of the molecule is O=C1Nc2ccc(S(=O)(=O)NCCc3ccccc3)cc2/C1=C/c1cccnc1. The van der Waals surface area contributed by atoms with Crippen LogP contribution in [0.4, 0.5) is 5.69 Å². The number of amides is 1. The maximum absolute atomic E-state index is 12.7. The molecule has 29 heavy (non-hydrogen) atoms. The Kier molecular flexibility index (Phi) is 5.24. The molecule has 1 aromatic heterocycles. The highest BCUT2D eigenvalue weighted by Gasteiger charge is 2.26. The lowest BCUT2D eigenvalue weighted by atomic mass is 10.0. The van der Waals surface area contributed by atoms with Crippen molar-refractivity contribution in [2.45, 2.75) is 11.3 Å². The summed E-state index contributed by atoms with van der Waals surface area (Å²) in [5.74, 6) is -0.268. The number of carbonyl (C=O) groups excluding carboxylic acids is 1. The molecule has 146 valence electrons. The number of rotatable bonds is 6. The Morgan fingerprint density at radius 1 is 1.03 bits per heavy atom. The van der Waals surface area contributed by atoms with Crippen LogP contribution in [0.2, 0.25) is 0 Å². The second-order valence-corrected chi connectivity index (χ2v) is 8.41. The van der Waals surface area contributed by atoms with E-state index in [1.165, 1.54) is 12.1 Å². The quantitative estimate of drug-likeness (QED) is 0.617. The number of hydrogen-bond acceptors (Lipinski definition) is 4. The van der Waals surface area contributed by atoms with E-state index in [-0.39, 0.29) is 10.8 Å². The maximum atomic E-state index is 12.7. The number of pyridine rings is 1. The number of nitrogens with one attached hydrogen (secondary N) is 2. The molecule has 1 aliphatic rings. The van der Waals surface area contributed by atoms with Gasteiger partial charge in [-0.05, 0) is 47.9 Å². The first-order valence-corrected chi connectivity index (χ1v) is 10.6. The first-order valence-electron chi connectivity index (χ1n) is 9.14. The molecule has 0 atom stereocenters. The fourth-order valence-corrected chi connectivity index (χ4v) is 4.22. The molecule has 0 bridgehead atoms. The number of nitrogens with zero attached hydrogens (tertiary/aromatic N) is 1. The van der Waals surface area contributed by atoms with E-state index in [4.69, 9.17) is 0 Å². The topological polar surface area (TPSA) is 88.2 Å². The molecule has 0 aliphatic carbocycles. The van der Waals surface area contributed by atoms with Gasteiger partial charge in [-0.1, -0.05) is 36.4 Å². The zero-order valence-electron chi connectivity index (χ0n) is 15.5. The van der Waals surface area contributed by atoms with E-state index in [0.717, 1.165) is 11.1 Å². The molecule has 0 fully saturated rings. The lowest BCUT2D eigenvalue weighted by molar-refractivity contribution is -0.110. The molecule has 1 aliphatic heterocycles. The molecule has 0 saturated heterocycles. The van der Waals surface area contributed by atoms with Crippen molar-refractivity contribution in [2.75, 3.05) is 11.9 Å². The van der Waals surface area contributed by atoms with Gasteiger partial charge in [0.2, 0.25) is 10.0 Å². The summed E-state index contributed by atoms with van der Waals surface area (Å²) < 4.78 is 28.1. The molecule has 0 spiro atoms. The number of carbonyl (C=O) groups is 1. The van der Waals surface area contributed by atoms with Gasteiger partial charge in [-0.15, -0.1) is 0 Å². The number of benzene rings is 2. The predicted molar refractivity (Wildman–Crippen MR) is 113 cm³/mol. The van der Waals surface area contributed by atoms with Gasteiger partial charge in [0.15, 0.2) is 0 Å². The Morgan fingerprint density at radius 3 is 2.62 bits per heavy atom. The monoisotopic (exact) mass is 405 g/mol. The highest BCUT2D eigenvalue weighted by Crippen LogP contribution is 2.34. The molecule has 3 aromatic rings. The Hall–Kier alpha value is -3.29. The molecule has 2 heterocycles. The van der Waals surface area contributed by atoms with Crippen molar-refractivity contribution in [1.29, 1.82) is 0 Å². The molecule has 6 nitrogen and oxygen atoms in total. The Morgan fingerprint density at radius 2 is 1.86 bits per heavy atom. The average molecular weight is 405 g/mol. The first kappa shape index (κ1) is 19.0. The van der Waals surface area contributed by atoms with Crippen LogP contribution < -0.4 is 10.0 Å². The minimum atomic E-state index is -3.69. The Bertz CT molecular complexity index is 1170. The summed E-state index contributed by atoms with van der Waals surface area (Å²) in [5, 5.41) is 2.77. The van der Waals surface area contributed by atoms with Gasteiger partial charge in [0.05, 0.1) is 4.90 Å². The highest BCUT2D eigenvalue weighted by atomic mass is 32.2. The number of sulfonamides is 1. The number of hydrogen-bond donors (Lipinski definition) is 2. The van der Waals surface area contributed by atoms with E-state index < -0.39 is 10.0 Å². The highest BCUT2D eigenvalue weighted by molar-refractivity contribution is 7.89. The molecule has 1 amide bonds. The summed E-state index contributed by atoms with van der Waals surface area (Å²) in [5.41, 5.74) is 3.38. The minimum Gasteiger partial charge on any atom is -0.321 e. The van der Waals surface area contributed by atoms with Gasteiger partial charge < -0.3 is 5.32 Å². The zero-order valence-corrected chi connectivity index (χ0v) is 16.3. The van der Waals surface area contributed by atoms with Gasteiger partial charge in [0, 0.05) is 35.8 Å². The van der Waals surface area contributed by atoms with Crippen LogP contribution in [0, 0.1) is 0 Å². The van der Waals surface area contributed by atoms with Crippen molar-refractivity contribution < 1.29 is 13.2 Å². The third-order valence-corrected chi connectivity index (χ3v) is 6.09. The van der Waals surface area contributed by atoms with E-state index >= 15 is 0 Å². The molecule has 0 radical (unpaired) electrons. The number of anilines is 1. The second-order valence-electron chi connectivity index (χ2n) is 6.64. The van der Waals surface area contributed by atoms with Crippen molar-refractivity contribution >= 4 is 33.3 Å². The van der Waals surface area contributed by atoms with Crippen LogP contribution in [0.25, 0.3) is 11.6 Å². The van der Waals surface area contributed by atoms with Gasteiger partial charge >= 0.3 is 0 Å². The van der Waals surface area contributed by atoms with E-state index in [2.05, 4.69) is 15.0 Å². The van der Waals surface area contributed by atoms with Crippen LogP contribution in [-0.2, 0) is 21.2 Å². The largest absolute Gasteiger partial charge is 0.321 e. The molecule has 2 N–H and O–H groups in total. The summed E-state index contributed by atoms with van der Waals surface area (Å²) in [6, 6.07) is 17.9. The predicted octanol–water partition coefficient (Wildman–Crippen LogP) is 3.10. The smallest absolute Gasteiger partial charge is 0.256 e. The number of fused-ring (bicyclic) bond motifs is 1. The van der Waals surface area contributed by atoms with Gasteiger partial charge in [-0.2, -0.15) is 0 Å². The van der Waals surface area contributed by atoms with E-state index in [0.29, 0.717) is 29.8 Å². The molecule has 0 saturated carbocycles. The second kappa shape index (κ2) is 7.98. The third-order valence-electron chi connectivity index (χ3n) is 4.63. The van der Waals surface area contributed by atoms with Crippen molar-refractivity contribution in [1.82, 2.24) is 9.71 Å². The van der Waals surface area contributed by atoms with Crippen LogP contribution in [-0.4, -0.2) is 25.9 Å². The van der Waals surface area contributed by atoms with Crippen LogP contribution >= 0.6 is 0 Å². The molecule has 2 aromatic carbocycles. The van der Waals surface area contributed by atoms with Gasteiger partial charge in [0.1, 0.15) is 0 Å². The van der Waals surface area contributed by atoms with Crippen LogP contribution in [0.5, 0.6) is 0 Å². The molecule has 0 unspecified atom stereocenters.